The highest BCUT2D eigenvalue weighted by molar-refractivity contribution is 9.10. The van der Waals surface area contributed by atoms with Gasteiger partial charge in [-0.15, -0.1) is 0 Å². The van der Waals surface area contributed by atoms with Crippen molar-refractivity contribution in [1.29, 1.82) is 0 Å². The van der Waals surface area contributed by atoms with Gasteiger partial charge in [-0.3, -0.25) is 0 Å². The standard InChI is InChI=1S/C7H5BrF2S/c8-5-1-2-6(9)4(3-11)7(5)10/h1-2,11H,3H2. The van der Waals surface area contributed by atoms with E-state index in [0.29, 0.717) is 0 Å². The van der Waals surface area contributed by atoms with Crippen LogP contribution in [0.15, 0.2) is 16.6 Å². The van der Waals surface area contributed by atoms with Crippen LogP contribution in [0.1, 0.15) is 5.56 Å². The van der Waals surface area contributed by atoms with Gasteiger partial charge in [-0.25, -0.2) is 8.78 Å². The molecule has 1 rings (SSSR count). The van der Waals surface area contributed by atoms with Crippen molar-refractivity contribution in [3.63, 3.8) is 0 Å². The van der Waals surface area contributed by atoms with E-state index in [4.69, 9.17) is 0 Å². The van der Waals surface area contributed by atoms with Crippen LogP contribution < -0.4 is 0 Å². The Morgan fingerprint density at radius 3 is 2.45 bits per heavy atom. The van der Waals surface area contributed by atoms with Gasteiger partial charge in [0, 0.05) is 11.3 Å². The molecular formula is C7H5BrF2S. The Labute approximate surface area is 77.2 Å². The van der Waals surface area contributed by atoms with Crippen molar-refractivity contribution in [3.05, 3.63) is 33.8 Å². The average Bonchev–Trinajstić information content (AvgIpc) is 1.99. The summed E-state index contributed by atoms with van der Waals surface area (Å²) < 4.78 is 25.9. The molecule has 0 N–H and O–H groups in total. The summed E-state index contributed by atoms with van der Waals surface area (Å²) in [5, 5.41) is 0. The number of hydrogen-bond acceptors (Lipinski definition) is 1. The van der Waals surface area contributed by atoms with E-state index in [0.717, 1.165) is 0 Å². The zero-order valence-electron chi connectivity index (χ0n) is 5.44. The molecule has 0 saturated heterocycles. The molecule has 1 aromatic carbocycles. The Balaban J connectivity index is 3.29. The third-order valence-corrected chi connectivity index (χ3v) is 2.23. The smallest absolute Gasteiger partial charge is 0.144 e. The number of thiol groups is 1. The molecule has 0 saturated carbocycles. The van der Waals surface area contributed by atoms with Crippen molar-refractivity contribution >= 4 is 28.6 Å². The molecule has 0 bridgehead atoms. The van der Waals surface area contributed by atoms with Crippen LogP contribution in [0, 0.1) is 11.6 Å². The molecule has 0 spiro atoms. The maximum Gasteiger partial charge on any atom is 0.144 e. The van der Waals surface area contributed by atoms with Gasteiger partial charge in [0.25, 0.3) is 0 Å². The van der Waals surface area contributed by atoms with Gasteiger partial charge < -0.3 is 0 Å². The van der Waals surface area contributed by atoms with E-state index in [-0.39, 0.29) is 15.8 Å². The van der Waals surface area contributed by atoms with Crippen LogP contribution >= 0.6 is 28.6 Å². The van der Waals surface area contributed by atoms with Crippen LogP contribution in [0.3, 0.4) is 0 Å². The van der Waals surface area contributed by atoms with Crippen molar-refractivity contribution < 1.29 is 8.78 Å². The fourth-order valence-electron chi connectivity index (χ4n) is 0.714. The second-order valence-corrected chi connectivity index (χ2v) is 3.15. The monoisotopic (exact) mass is 238 g/mol. The van der Waals surface area contributed by atoms with E-state index in [1.54, 1.807) is 0 Å². The van der Waals surface area contributed by atoms with E-state index in [1.807, 2.05) is 0 Å². The van der Waals surface area contributed by atoms with Crippen LogP contribution in [-0.4, -0.2) is 0 Å². The number of hydrogen-bond donors (Lipinski definition) is 1. The van der Waals surface area contributed by atoms with E-state index in [9.17, 15) is 8.78 Å². The van der Waals surface area contributed by atoms with Crippen LogP contribution in [0.4, 0.5) is 8.78 Å². The molecule has 0 unspecified atom stereocenters. The molecule has 0 atom stereocenters. The van der Waals surface area contributed by atoms with Gasteiger partial charge >= 0.3 is 0 Å². The summed E-state index contributed by atoms with van der Waals surface area (Å²) in [5.41, 5.74) is 0.00251. The average molecular weight is 239 g/mol. The molecular weight excluding hydrogens is 234 g/mol. The summed E-state index contributed by atoms with van der Waals surface area (Å²) in [5.74, 6) is -1.06. The summed E-state index contributed by atoms with van der Waals surface area (Å²) >= 11 is 6.74. The normalized spacial score (nSPS) is 10.2. The molecule has 0 heterocycles. The second-order valence-electron chi connectivity index (χ2n) is 1.98. The molecule has 0 aliphatic carbocycles. The molecule has 0 aromatic heterocycles. The topological polar surface area (TPSA) is 0 Å². The van der Waals surface area contributed by atoms with Gasteiger partial charge in [0.2, 0.25) is 0 Å². The molecule has 0 nitrogen and oxygen atoms in total. The lowest BCUT2D eigenvalue weighted by molar-refractivity contribution is 0.562. The molecule has 0 amide bonds. The molecule has 4 heteroatoms. The highest BCUT2D eigenvalue weighted by Gasteiger charge is 2.09. The second kappa shape index (κ2) is 3.54. The molecule has 0 fully saturated rings. The Bertz CT molecular complexity index is 275. The third-order valence-electron chi connectivity index (χ3n) is 1.30. The van der Waals surface area contributed by atoms with Gasteiger partial charge in [-0.05, 0) is 28.1 Å². The molecule has 1 aromatic rings. The number of benzene rings is 1. The van der Waals surface area contributed by atoms with Gasteiger partial charge in [-0.2, -0.15) is 12.6 Å². The zero-order valence-corrected chi connectivity index (χ0v) is 7.92. The lowest BCUT2D eigenvalue weighted by Gasteiger charge is -2.01. The van der Waals surface area contributed by atoms with Crippen molar-refractivity contribution in [1.82, 2.24) is 0 Å². The number of halogens is 3. The first-order valence-corrected chi connectivity index (χ1v) is 4.32. The summed E-state index contributed by atoms with van der Waals surface area (Å²) in [6, 6.07) is 2.54. The minimum Gasteiger partial charge on any atom is -0.207 e. The van der Waals surface area contributed by atoms with Crippen molar-refractivity contribution in [2.75, 3.05) is 0 Å². The first-order chi connectivity index (χ1) is 5.16. The van der Waals surface area contributed by atoms with E-state index < -0.39 is 11.6 Å². The first-order valence-electron chi connectivity index (χ1n) is 2.90. The highest BCUT2D eigenvalue weighted by Crippen LogP contribution is 2.22. The first kappa shape index (κ1) is 9.00. The zero-order chi connectivity index (χ0) is 8.43. The van der Waals surface area contributed by atoms with Crippen molar-refractivity contribution in [3.8, 4) is 0 Å². The number of rotatable bonds is 1. The lowest BCUT2D eigenvalue weighted by Crippen LogP contribution is -1.92. The van der Waals surface area contributed by atoms with Crippen molar-refractivity contribution in [2.24, 2.45) is 0 Å². The van der Waals surface area contributed by atoms with Gasteiger partial charge in [-0.1, -0.05) is 0 Å². The van der Waals surface area contributed by atoms with Crippen LogP contribution in [0.5, 0.6) is 0 Å². The quantitative estimate of drug-likeness (QED) is 0.564. The molecule has 0 radical (unpaired) electrons. The van der Waals surface area contributed by atoms with E-state index >= 15 is 0 Å². The molecule has 0 aliphatic heterocycles. The third kappa shape index (κ3) is 1.73. The maximum absolute atomic E-state index is 12.9. The Morgan fingerprint density at radius 2 is 2.00 bits per heavy atom. The largest absolute Gasteiger partial charge is 0.207 e. The summed E-state index contributed by atoms with van der Waals surface area (Å²) in [7, 11) is 0. The minimum absolute atomic E-state index is 0.00251. The fourth-order valence-corrected chi connectivity index (χ4v) is 1.38. The highest BCUT2D eigenvalue weighted by atomic mass is 79.9. The molecule has 60 valence electrons. The van der Waals surface area contributed by atoms with Crippen LogP contribution in [-0.2, 0) is 5.75 Å². The maximum atomic E-state index is 12.9. The van der Waals surface area contributed by atoms with Crippen LogP contribution in [0.2, 0.25) is 0 Å². The molecule has 11 heavy (non-hydrogen) atoms. The van der Waals surface area contributed by atoms with Gasteiger partial charge in [0.1, 0.15) is 11.6 Å². The predicted octanol–water partition coefficient (Wildman–Crippen LogP) is 3.16. The minimum atomic E-state index is -0.569. The van der Waals surface area contributed by atoms with E-state index in [1.165, 1.54) is 12.1 Å². The predicted molar refractivity (Wildman–Crippen MR) is 46.7 cm³/mol. The van der Waals surface area contributed by atoms with Crippen molar-refractivity contribution in [2.45, 2.75) is 5.75 Å². The lowest BCUT2D eigenvalue weighted by atomic mass is 10.2. The van der Waals surface area contributed by atoms with Crippen LogP contribution in [0.25, 0.3) is 0 Å². The Morgan fingerprint density at radius 1 is 1.36 bits per heavy atom. The van der Waals surface area contributed by atoms with Gasteiger partial charge in [0.15, 0.2) is 0 Å². The fraction of sp³-hybridized carbons (Fsp3) is 0.143. The van der Waals surface area contributed by atoms with E-state index in [2.05, 4.69) is 28.6 Å². The SMILES string of the molecule is Fc1ccc(Br)c(F)c1CS. The Hall–Kier alpha value is -0.0900. The summed E-state index contributed by atoms with van der Waals surface area (Å²) in [6.07, 6.45) is 0. The Kier molecular flexibility index (Phi) is 2.90. The summed E-state index contributed by atoms with van der Waals surface area (Å²) in [4.78, 5) is 0. The van der Waals surface area contributed by atoms with Gasteiger partial charge in [0.05, 0.1) is 4.47 Å². The summed E-state index contributed by atoms with van der Waals surface area (Å²) in [6.45, 7) is 0. The molecule has 0 aliphatic rings.